The van der Waals surface area contributed by atoms with Gasteiger partial charge in [0.15, 0.2) is 0 Å². The molecule has 0 N–H and O–H groups in total. The number of aromatic nitrogens is 1. The summed E-state index contributed by atoms with van der Waals surface area (Å²) < 4.78 is 5.27. The molecule has 2 nitrogen and oxygen atoms in total. The highest BCUT2D eigenvalue weighted by molar-refractivity contribution is 6.88. The lowest BCUT2D eigenvalue weighted by molar-refractivity contribution is 0.414. The van der Waals surface area contributed by atoms with E-state index in [0.29, 0.717) is 0 Å². The first-order valence-electron chi connectivity index (χ1n) is 6.16. The van der Waals surface area contributed by atoms with Crippen molar-refractivity contribution in [3.05, 3.63) is 54.2 Å². The number of rotatable bonds is 4. The summed E-state index contributed by atoms with van der Waals surface area (Å²) >= 11 is 0. The van der Waals surface area contributed by atoms with E-state index in [0.717, 1.165) is 11.8 Å². The van der Waals surface area contributed by atoms with Crippen LogP contribution in [0.2, 0.25) is 13.1 Å². The predicted molar refractivity (Wildman–Crippen MR) is 78.1 cm³/mol. The Bertz CT molecular complexity index is 511. The minimum atomic E-state index is -1.52. The Morgan fingerprint density at radius 3 is 2.61 bits per heavy atom. The summed E-state index contributed by atoms with van der Waals surface area (Å²) in [6.45, 7) is 4.71. The van der Waals surface area contributed by atoms with E-state index in [2.05, 4.69) is 48.4 Å². The third-order valence-electron chi connectivity index (χ3n) is 3.14. The van der Waals surface area contributed by atoms with Gasteiger partial charge in [-0.1, -0.05) is 31.3 Å². The molecule has 0 amide bonds. The van der Waals surface area contributed by atoms with Crippen LogP contribution in [0.25, 0.3) is 0 Å². The molecule has 0 aliphatic carbocycles. The van der Waals surface area contributed by atoms with Crippen molar-refractivity contribution in [2.45, 2.75) is 19.1 Å². The smallest absolute Gasteiger partial charge is 0.119 e. The van der Waals surface area contributed by atoms with Crippen LogP contribution in [0.3, 0.4) is 0 Å². The van der Waals surface area contributed by atoms with Gasteiger partial charge in [0, 0.05) is 11.5 Å². The van der Waals surface area contributed by atoms with E-state index >= 15 is 0 Å². The van der Waals surface area contributed by atoms with Gasteiger partial charge in [-0.25, -0.2) is 0 Å². The number of nitrogens with zero attached hydrogens (tertiary/aromatic N) is 1. The Balaban J connectivity index is 2.22. The standard InChI is InChI=1S/C15H19NOSi/c1-17-14-8-6-7-13(11-14)12-18(2,3)15-9-4-5-10-16-15/h4-11H,12H2,1-3H3. The highest BCUT2D eigenvalue weighted by atomic mass is 28.3. The molecule has 0 aliphatic rings. The Morgan fingerprint density at radius 2 is 1.94 bits per heavy atom. The largest absolute Gasteiger partial charge is 0.497 e. The maximum Gasteiger partial charge on any atom is 0.119 e. The van der Waals surface area contributed by atoms with Gasteiger partial charge >= 0.3 is 0 Å². The van der Waals surface area contributed by atoms with Crippen molar-refractivity contribution in [1.29, 1.82) is 0 Å². The monoisotopic (exact) mass is 257 g/mol. The maximum absolute atomic E-state index is 5.27. The van der Waals surface area contributed by atoms with Crippen LogP contribution in [-0.4, -0.2) is 20.2 Å². The summed E-state index contributed by atoms with van der Waals surface area (Å²) in [5, 5.41) is 1.26. The molecule has 1 aromatic heterocycles. The first-order chi connectivity index (χ1) is 8.62. The van der Waals surface area contributed by atoms with Crippen molar-refractivity contribution in [3.63, 3.8) is 0 Å². The van der Waals surface area contributed by atoms with Gasteiger partial charge in [-0.2, -0.15) is 0 Å². The highest BCUT2D eigenvalue weighted by Crippen LogP contribution is 2.17. The lowest BCUT2D eigenvalue weighted by atomic mass is 10.2. The molecule has 1 heterocycles. The number of hydrogen-bond acceptors (Lipinski definition) is 2. The molecule has 2 rings (SSSR count). The summed E-state index contributed by atoms with van der Waals surface area (Å²) in [4.78, 5) is 4.52. The third kappa shape index (κ3) is 2.99. The molecule has 0 unspecified atom stereocenters. The molecule has 0 saturated carbocycles. The fourth-order valence-electron chi connectivity index (χ4n) is 2.15. The van der Waals surface area contributed by atoms with Gasteiger partial charge in [-0.3, -0.25) is 4.98 Å². The quantitative estimate of drug-likeness (QED) is 0.786. The van der Waals surface area contributed by atoms with Gasteiger partial charge in [-0.05, 0) is 35.9 Å². The van der Waals surface area contributed by atoms with Crippen molar-refractivity contribution in [2.75, 3.05) is 7.11 Å². The van der Waals surface area contributed by atoms with Crippen molar-refractivity contribution in [3.8, 4) is 5.75 Å². The van der Waals surface area contributed by atoms with Crippen LogP contribution >= 0.6 is 0 Å². The van der Waals surface area contributed by atoms with E-state index in [-0.39, 0.29) is 0 Å². The molecule has 0 radical (unpaired) electrons. The fraction of sp³-hybridized carbons (Fsp3) is 0.267. The summed E-state index contributed by atoms with van der Waals surface area (Å²) in [6, 6.07) is 15.6. The van der Waals surface area contributed by atoms with Crippen molar-refractivity contribution >= 4 is 13.4 Å². The Hall–Kier alpha value is -1.61. The molecule has 0 aliphatic heterocycles. The van der Waals surface area contributed by atoms with E-state index < -0.39 is 8.07 Å². The van der Waals surface area contributed by atoms with Crippen molar-refractivity contribution in [1.82, 2.24) is 4.98 Å². The van der Waals surface area contributed by atoms with Gasteiger partial charge < -0.3 is 4.74 Å². The molecule has 2 aromatic rings. The van der Waals surface area contributed by atoms with E-state index in [1.165, 1.54) is 10.9 Å². The molecule has 1 aromatic carbocycles. The molecule has 0 bridgehead atoms. The second-order valence-electron chi connectivity index (χ2n) is 5.13. The molecule has 18 heavy (non-hydrogen) atoms. The van der Waals surface area contributed by atoms with Crippen LogP contribution in [0.4, 0.5) is 0 Å². The molecule has 0 fully saturated rings. The zero-order valence-electron chi connectivity index (χ0n) is 11.2. The Kier molecular flexibility index (Phi) is 3.82. The lowest BCUT2D eigenvalue weighted by Gasteiger charge is -2.21. The predicted octanol–water partition coefficient (Wildman–Crippen LogP) is 2.79. The molecule has 3 heteroatoms. The van der Waals surface area contributed by atoms with Crippen LogP contribution in [0.1, 0.15) is 5.56 Å². The summed E-state index contributed by atoms with van der Waals surface area (Å²) in [7, 11) is 0.186. The normalized spacial score (nSPS) is 11.3. The zero-order chi connectivity index (χ0) is 13.0. The van der Waals surface area contributed by atoms with Crippen LogP contribution < -0.4 is 10.1 Å². The van der Waals surface area contributed by atoms with E-state index in [4.69, 9.17) is 4.74 Å². The Morgan fingerprint density at radius 1 is 1.11 bits per heavy atom. The minimum absolute atomic E-state index is 0.929. The first-order valence-corrected chi connectivity index (χ1v) is 9.37. The topological polar surface area (TPSA) is 22.1 Å². The third-order valence-corrected chi connectivity index (χ3v) is 6.11. The van der Waals surface area contributed by atoms with Gasteiger partial charge in [0.2, 0.25) is 0 Å². The first kappa shape index (κ1) is 12.8. The minimum Gasteiger partial charge on any atom is -0.497 e. The average Bonchev–Trinajstić information content (AvgIpc) is 2.39. The zero-order valence-corrected chi connectivity index (χ0v) is 12.2. The molecule has 0 spiro atoms. The van der Waals surface area contributed by atoms with Gasteiger partial charge in [0.25, 0.3) is 0 Å². The SMILES string of the molecule is COc1cccc(C[Si](C)(C)c2ccccn2)c1. The van der Waals surface area contributed by atoms with Crippen LogP contribution in [-0.2, 0) is 6.04 Å². The average molecular weight is 257 g/mol. The number of benzene rings is 1. The lowest BCUT2D eigenvalue weighted by Crippen LogP contribution is -2.45. The van der Waals surface area contributed by atoms with Gasteiger partial charge in [0.05, 0.1) is 7.11 Å². The maximum atomic E-state index is 5.27. The summed E-state index contributed by atoms with van der Waals surface area (Å²) in [5.41, 5.74) is 1.33. The second kappa shape index (κ2) is 5.36. The molecular weight excluding hydrogens is 238 g/mol. The highest BCUT2D eigenvalue weighted by Gasteiger charge is 2.25. The van der Waals surface area contributed by atoms with Crippen molar-refractivity contribution in [2.24, 2.45) is 0 Å². The fourth-order valence-corrected chi connectivity index (χ4v) is 4.54. The Labute approximate surface area is 110 Å². The van der Waals surface area contributed by atoms with Crippen LogP contribution in [0, 0.1) is 0 Å². The van der Waals surface area contributed by atoms with Crippen molar-refractivity contribution < 1.29 is 4.74 Å². The van der Waals surface area contributed by atoms with E-state index in [1.54, 1.807) is 7.11 Å². The second-order valence-corrected chi connectivity index (χ2v) is 9.76. The number of ether oxygens (including phenoxy) is 1. The number of pyridine rings is 1. The molecular formula is C15H19NOSi. The van der Waals surface area contributed by atoms with E-state index in [9.17, 15) is 0 Å². The molecule has 0 atom stereocenters. The summed E-state index contributed by atoms with van der Waals surface area (Å²) in [6.07, 6.45) is 1.88. The van der Waals surface area contributed by atoms with Crippen LogP contribution in [0.15, 0.2) is 48.7 Å². The van der Waals surface area contributed by atoms with Gasteiger partial charge in [-0.15, -0.1) is 0 Å². The number of hydrogen-bond donors (Lipinski definition) is 0. The summed E-state index contributed by atoms with van der Waals surface area (Å²) in [5.74, 6) is 0.929. The van der Waals surface area contributed by atoms with E-state index in [1.807, 2.05) is 18.3 Å². The van der Waals surface area contributed by atoms with Crippen LogP contribution in [0.5, 0.6) is 5.75 Å². The number of methoxy groups -OCH3 is 1. The molecule has 0 saturated heterocycles. The van der Waals surface area contributed by atoms with Gasteiger partial charge in [0.1, 0.15) is 13.8 Å². The molecule has 94 valence electrons.